The van der Waals surface area contributed by atoms with Crippen LogP contribution in [0, 0.1) is 0 Å². The fourth-order valence-electron chi connectivity index (χ4n) is 0.337. The average Bonchev–Trinajstić information content (AvgIpc) is 1.66. The van der Waals surface area contributed by atoms with Crippen molar-refractivity contribution in [2.24, 2.45) is 0 Å². The summed E-state index contributed by atoms with van der Waals surface area (Å²) in [5.41, 5.74) is 0. The predicted molar refractivity (Wildman–Crippen MR) is 36.1 cm³/mol. The zero-order chi connectivity index (χ0) is 6.41. The van der Waals surface area contributed by atoms with E-state index in [4.69, 9.17) is 5.11 Å². The van der Waals surface area contributed by atoms with Crippen LogP contribution < -0.4 is 0 Å². The second-order valence-electron chi connectivity index (χ2n) is 1.45. The van der Waals surface area contributed by atoms with E-state index in [0.29, 0.717) is 12.8 Å². The first-order valence-corrected chi connectivity index (χ1v) is 2.43. The first kappa shape index (κ1) is 12.1. The number of carbonyl (C=O) groups excluding carboxylic acids is 1. The molecule has 9 heavy (non-hydrogen) atoms. The van der Waals surface area contributed by atoms with Crippen molar-refractivity contribution in [2.45, 2.75) is 19.3 Å². The quantitative estimate of drug-likeness (QED) is 0.342. The maximum atomic E-state index is 9.76. The summed E-state index contributed by atoms with van der Waals surface area (Å²) in [5, 5.41) is 8.02. The zero-order valence-electron chi connectivity index (χ0n) is 4.46. The van der Waals surface area contributed by atoms with Crippen molar-refractivity contribution < 1.29 is 14.7 Å². The zero-order valence-corrected chi connectivity index (χ0v) is 4.46. The Labute approximate surface area is 83.4 Å². The number of carboxylic acid groups (broad SMARTS) is 1. The number of hydrogen-bond acceptors (Lipinski definition) is 2. The molecule has 0 unspecified atom stereocenters. The molecule has 0 spiro atoms. The molecule has 0 amide bonds. The van der Waals surface area contributed by atoms with Gasteiger partial charge in [-0.05, 0) is 6.42 Å². The van der Waals surface area contributed by atoms with E-state index in [-0.39, 0.29) is 44.2 Å². The molecule has 0 aliphatic heterocycles. The van der Waals surface area contributed by atoms with E-state index in [1.54, 1.807) is 0 Å². The molecule has 0 fully saturated rings. The number of aliphatic carboxylic acids is 1. The van der Waals surface area contributed by atoms with Gasteiger partial charge in [0.1, 0.15) is 6.29 Å². The number of carbonyl (C=O) groups is 2. The van der Waals surface area contributed by atoms with Crippen LogP contribution in [0.3, 0.4) is 0 Å². The molecule has 0 aliphatic rings. The summed E-state index contributed by atoms with van der Waals surface area (Å²) in [6.45, 7) is 0. The van der Waals surface area contributed by atoms with Gasteiger partial charge in [-0.25, -0.2) is 0 Å². The van der Waals surface area contributed by atoms with Crippen molar-refractivity contribution in [3.05, 3.63) is 0 Å². The van der Waals surface area contributed by atoms with Crippen molar-refractivity contribution in [3.63, 3.8) is 0 Å². The number of unbranched alkanes of at least 4 members (excludes halogenated alkanes) is 1. The summed E-state index contributed by atoms with van der Waals surface area (Å²) in [6.07, 6.45) is 1.63. The molecule has 1 N–H and O–H groups in total. The normalized spacial score (nSPS) is 7.56. The van der Waals surface area contributed by atoms with Crippen molar-refractivity contribution in [1.82, 2.24) is 0 Å². The van der Waals surface area contributed by atoms with E-state index in [1.165, 1.54) is 0 Å². The van der Waals surface area contributed by atoms with Gasteiger partial charge >= 0.3 is 43.7 Å². The summed E-state index contributed by atoms with van der Waals surface area (Å²) in [7, 11) is 0. The van der Waals surface area contributed by atoms with E-state index in [9.17, 15) is 9.59 Å². The molecule has 0 radical (unpaired) electrons. The standard InChI is InChI=1S/C5H8O3.Ca.2H/c6-4-2-1-3-5(7)8;;;/h4H,1-3H2,(H,7,8);;;. The van der Waals surface area contributed by atoms with E-state index in [1.807, 2.05) is 0 Å². The SMILES string of the molecule is O=CCCCC(=O)O.[CaH2]. The second-order valence-corrected chi connectivity index (χ2v) is 1.45. The van der Waals surface area contributed by atoms with Gasteiger partial charge in [0.2, 0.25) is 0 Å². The molecule has 3 nitrogen and oxygen atoms in total. The Morgan fingerprint density at radius 1 is 1.56 bits per heavy atom. The molecule has 0 aromatic rings. The molecule has 0 aromatic carbocycles. The molecule has 0 bridgehead atoms. The molecule has 0 saturated carbocycles. The maximum absolute atomic E-state index is 9.76. The van der Waals surface area contributed by atoms with Gasteiger partial charge in [0.05, 0.1) is 0 Å². The van der Waals surface area contributed by atoms with E-state index < -0.39 is 5.97 Å². The van der Waals surface area contributed by atoms with Crippen LogP contribution in [0.15, 0.2) is 0 Å². The third-order valence-corrected chi connectivity index (χ3v) is 0.713. The van der Waals surface area contributed by atoms with Crippen LogP contribution in [0.2, 0.25) is 0 Å². The molecular formula is C5H10CaO3. The van der Waals surface area contributed by atoms with Crippen LogP contribution in [0.1, 0.15) is 19.3 Å². The summed E-state index contributed by atoms with van der Waals surface area (Å²) >= 11 is 0. The van der Waals surface area contributed by atoms with Crippen molar-refractivity contribution in [2.75, 3.05) is 0 Å². The van der Waals surface area contributed by atoms with Crippen molar-refractivity contribution in [1.29, 1.82) is 0 Å². The number of rotatable bonds is 4. The van der Waals surface area contributed by atoms with Gasteiger partial charge in [0, 0.05) is 12.8 Å². The summed E-state index contributed by atoms with van der Waals surface area (Å²) in [5.74, 6) is -0.841. The Morgan fingerprint density at radius 2 is 2.11 bits per heavy atom. The van der Waals surface area contributed by atoms with Crippen LogP contribution in [0.5, 0.6) is 0 Å². The van der Waals surface area contributed by atoms with Crippen LogP contribution in [-0.4, -0.2) is 55.1 Å². The molecule has 4 heteroatoms. The molecule has 50 valence electrons. The van der Waals surface area contributed by atoms with Crippen LogP contribution >= 0.6 is 0 Å². The Bertz CT molecular complexity index is 92.2. The van der Waals surface area contributed by atoms with Gasteiger partial charge in [-0.3, -0.25) is 4.79 Å². The summed E-state index contributed by atoms with van der Waals surface area (Å²) in [6, 6.07) is 0. The van der Waals surface area contributed by atoms with Crippen molar-refractivity contribution >= 4 is 50.0 Å². The summed E-state index contributed by atoms with van der Waals surface area (Å²) in [4.78, 5) is 19.4. The predicted octanol–water partition coefficient (Wildman–Crippen LogP) is -0.476. The van der Waals surface area contributed by atoms with E-state index in [2.05, 4.69) is 0 Å². The van der Waals surface area contributed by atoms with Gasteiger partial charge in [-0.1, -0.05) is 0 Å². The Balaban J connectivity index is 0. The first-order valence-electron chi connectivity index (χ1n) is 2.43. The number of carboxylic acids is 1. The van der Waals surface area contributed by atoms with Crippen molar-refractivity contribution in [3.8, 4) is 0 Å². The Morgan fingerprint density at radius 3 is 2.44 bits per heavy atom. The third-order valence-electron chi connectivity index (χ3n) is 0.713. The van der Waals surface area contributed by atoms with Gasteiger partial charge in [-0.15, -0.1) is 0 Å². The van der Waals surface area contributed by atoms with Gasteiger partial charge in [0.15, 0.2) is 0 Å². The minimum atomic E-state index is -0.841. The molecular weight excluding hydrogens is 148 g/mol. The average molecular weight is 158 g/mol. The Kier molecular flexibility index (Phi) is 11.3. The molecule has 0 aromatic heterocycles. The fourth-order valence-corrected chi connectivity index (χ4v) is 0.337. The second kappa shape index (κ2) is 8.40. The molecule has 0 aliphatic carbocycles. The van der Waals surface area contributed by atoms with E-state index >= 15 is 0 Å². The molecule has 0 heterocycles. The van der Waals surface area contributed by atoms with Gasteiger partial charge in [0.25, 0.3) is 0 Å². The first-order chi connectivity index (χ1) is 3.77. The summed E-state index contributed by atoms with van der Waals surface area (Å²) < 4.78 is 0. The Hall–Kier alpha value is 0.400. The third kappa shape index (κ3) is 11.8. The molecule has 0 saturated heterocycles. The van der Waals surface area contributed by atoms with Crippen LogP contribution in [0.25, 0.3) is 0 Å². The van der Waals surface area contributed by atoms with Gasteiger partial charge < -0.3 is 9.90 Å². The molecule has 0 atom stereocenters. The van der Waals surface area contributed by atoms with Crippen LogP contribution in [-0.2, 0) is 9.59 Å². The topological polar surface area (TPSA) is 54.4 Å². The number of aldehydes is 1. The van der Waals surface area contributed by atoms with E-state index in [0.717, 1.165) is 6.29 Å². The number of hydrogen-bond donors (Lipinski definition) is 1. The van der Waals surface area contributed by atoms with Crippen LogP contribution in [0.4, 0.5) is 0 Å². The fraction of sp³-hybridized carbons (Fsp3) is 0.600. The minimum absolute atomic E-state index is 0. The van der Waals surface area contributed by atoms with Gasteiger partial charge in [-0.2, -0.15) is 0 Å². The monoisotopic (exact) mass is 158 g/mol. The molecule has 0 rings (SSSR count).